The van der Waals surface area contributed by atoms with Crippen LogP contribution < -0.4 is 20.8 Å². The van der Waals surface area contributed by atoms with Crippen molar-refractivity contribution in [2.75, 3.05) is 26.2 Å². The minimum absolute atomic E-state index is 0.00201. The zero-order valence-corrected chi connectivity index (χ0v) is 24.3. The average molecular weight is 587 g/mol. The van der Waals surface area contributed by atoms with Gasteiger partial charge in [0.25, 0.3) is 0 Å². The number of hydroxylamine groups is 4. The topological polar surface area (TPSA) is 173 Å². The van der Waals surface area contributed by atoms with E-state index in [1.165, 1.54) is 0 Å². The SMILES string of the molecule is CC(=O)N(OCc1ccccc1)C1CC[NH2+]CC1.CC(=O)N(OCc1ccccc1)C1CC[NH2+]CC1.O=C([O-])C(=O)[O-]. The molecule has 2 aromatic rings. The van der Waals surface area contributed by atoms with Crippen molar-refractivity contribution in [1.29, 1.82) is 0 Å². The molecule has 2 saturated heterocycles. The van der Waals surface area contributed by atoms with Crippen molar-refractivity contribution in [2.24, 2.45) is 0 Å². The summed E-state index contributed by atoms with van der Waals surface area (Å²) in [5.41, 5.74) is 2.18. The zero-order chi connectivity index (χ0) is 30.7. The Labute approximate surface area is 246 Å². The summed E-state index contributed by atoms with van der Waals surface area (Å²) in [6.45, 7) is 8.35. The Hall–Kier alpha value is -3.84. The van der Waals surface area contributed by atoms with E-state index in [9.17, 15) is 9.59 Å². The fraction of sp³-hybridized carbons (Fsp3) is 0.467. The number of quaternary nitrogens is 2. The lowest BCUT2D eigenvalue weighted by atomic mass is 10.1. The van der Waals surface area contributed by atoms with Crippen molar-refractivity contribution >= 4 is 23.8 Å². The molecule has 0 spiro atoms. The number of carbonyl (C=O) groups excluding carboxylic acids is 4. The maximum absolute atomic E-state index is 11.7. The monoisotopic (exact) mass is 586 g/mol. The lowest BCUT2D eigenvalue weighted by Crippen LogP contribution is -2.87. The van der Waals surface area contributed by atoms with Gasteiger partial charge in [0, 0.05) is 39.5 Å². The summed E-state index contributed by atoms with van der Waals surface area (Å²) in [6, 6.07) is 20.4. The molecule has 2 heterocycles. The first kappa shape index (κ1) is 34.4. The second kappa shape index (κ2) is 19.3. The van der Waals surface area contributed by atoms with Gasteiger partial charge in [-0.2, -0.15) is 0 Å². The predicted octanol–water partition coefficient (Wildman–Crippen LogP) is -2.13. The zero-order valence-electron chi connectivity index (χ0n) is 24.3. The van der Waals surface area contributed by atoms with Crippen molar-refractivity contribution in [2.45, 2.75) is 64.8 Å². The van der Waals surface area contributed by atoms with Gasteiger partial charge in [-0.25, -0.2) is 10.1 Å². The number of carbonyl (C=O) groups is 4. The number of carboxylic acids is 2. The van der Waals surface area contributed by atoms with Crippen molar-refractivity contribution < 1.29 is 49.7 Å². The Balaban J connectivity index is 0.000000247. The number of nitrogens with zero attached hydrogens (tertiary/aromatic N) is 2. The minimum atomic E-state index is -2.19. The van der Waals surface area contributed by atoms with Crippen molar-refractivity contribution in [1.82, 2.24) is 10.1 Å². The normalized spacial score (nSPS) is 15.2. The standard InChI is InChI=1S/2C14H20N2O2.C2H2O4/c2*1-12(17)16(14-7-9-15-10-8-14)18-11-13-5-3-2-4-6-13;3-1(4)2(5)6/h2*2-6,14-15H,7-11H2,1H3;(H,3,4)(H,5,6). The molecule has 230 valence electrons. The smallest absolute Gasteiger partial charge is 0.243 e. The quantitative estimate of drug-likeness (QED) is 0.261. The number of nitrogens with two attached hydrogens (primary N) is 2. The number of hydrogen-bond donors (Lipinski definition) is 2. The molecule has 0 atom stereocenters. The van der Waals surface area contributed by atoms with E-state index in [2.05, 4.69) is 10.6 Å². The number of rotatable bonds is 8. The Morgan fingerprint density at radius 2 is 0.952 bits per heavy atom. The molecule has 2 amide bonds. The first-order valence-corrected chi connectivity index (χ1v) is 14.2. The summed E-state index contributed by atoms with van der Waals surface area (Å²) in [5, 5.41) is 25.6. The maximum Gasteiger partial charge on any atom is 0.243 e. The minimum Gasteiger partial charge on any atom is -0.543 e. The summed E-state index contributed by atoms with van der Waals surface area (Å²) in [4.78, 5) is 52.6. The molecule has 42 heavy (non-hydrogen) atoms. The third-order valence-electron chi connectivity index (χ3n) is 6.69. The molecule has 0 bridgehead atoms. The summed E-state index contributed by atoms with van der Waals surface area (Å²) >= 11 is 0. The first-order chi connectivity index (χ1) is 20.2. The van der Waals surface area contributed by atoms with Crippen LogP contribution in [-0.2, 0) is 42.1 Å². The van der Waals surface area contributed by atoms with Crippen LogP contribution in [0.4, 0.5) is 0 Å². The van der Waals surface area contributed by atoms with Crippen LogP contribution in [0, 0.1) is 0 Å². The van der Waals surface area contributed by atoms with Crippen LogP contribution in [0.1, 0.15) is 50.7 Å². The van der Waals surface area contributed by atoms with Gasteiger partial charge in [-0.05, 0) is 11.1 Å². The van der Waals surface area contributed by atoms with Gasteiger partial charge in [0.05, 0.1) is 50.2 Å². The number of amides is 2. The van der Waals surface area contributed by atoms with E-state index in [-0.39, 0.29) is 23.9 Å². The number of hydrogen-bond acceptors (Lipinski definition) is 8. The fourth-order valence-electron chi connectivity index (χ4n) is 4.63. The average Bonchev–Trinajstić information content (AvgIpc) is 3.00. The summed E-state index contributed by atoms with van der Waals surface area (Å²) < 4.78 is 0. The highest BCUT2D eigenvalue weighted by Gasteiger charge is 2.26. The molecular formula is C30H42N4O8. The van der Waals surface area contributed by atoms with Crippen LogP contribution in [0.2, 0.25) is 0 Å². The summed E-state index contributed by atoms with van der Waals surface area (Å²) in [5.74, 6) is -4.37. The van der Waals surface area contributed by atoms with Crippen LogP contribution in [-0.4, -0.2) is 72.1 Å². The highest BCUT2D eigenvalue weighted by atomic mass is 16.7. The molecular weight excluding hydrogens is 544 g/mol. The third-order valence-corrected chi connectivity index (χ3v) is 6.69. The molecule has 2 aliphatic heterocycles. The summed E-state index contributed by atoms with van der Waals surface area (Å²) in [6.07, 6.45) is 4.03. The predicted molar refractivity (Wildman–Crippen MR) is 147 cm³/mol. The van der Waals surface area contributed by atoms with E-state index in [0.29, 0.717) is 13.2 Å². The molecule has 0 aromatic heterocycles. The summed E-state index contributed by atoms with van der Waals surface area (Å²) in [7, 11) is 0. The van der Waals surface area contributed by atoms with Gasteiger partial charge in [0.15, 0.2) is 0 Å². The number of benzene rings is 2. The van der Waals surface area contributed by atoms with Gasteiger partial charge in [0.1, 0.15) is 13.2 Å². The van der Waals surface area contributed by atoms with Crippen LogP contribution in [0.25, 0.3) is 0 Å². The molecule has 0 radical (unpaired) electrons. The molecule has 0 saturated carbocycles. The molecule has 4 rings (SSSR count). The molecule has 2 aliphatic rings. The Morgan fingerprint density at radius 1 is 0.643 bits per heavy atom. The van der Waals surface area contributed by atoms with E-state index >= 15 is 0 Å². The first-order valence-electron chi connectivity index (χ1n) is 14.2. The van der Waals surface area contributed by atoms with Crippen molar-refractivity contribution in [3.05, 3.63) is 71.8 Å². The number of piperidine rings is 2. The molecule has 0 aliphatic carbocycles. The van der Waals surface area contributed by atoms with E-state index in [1.54, 1.807) is 24.0 Å². The van der Waals surface area contributed by atoms with Gasteiger partial charge in [-0.15, -0.1) is 0 Å². The second-order valence-electron chi connectivity index (χ2n) is 9.98. The molecule has 4 N–H and O–H groups in total. The lowest BCUT2D eigenvalue weighted by molar-refractivity contribution is -0.665. The molecule has 12 heteroatoms. The molecule has 2 aromatic carbocycles. The highest BCUT2D eigenvalue weighted by molar-refractivity contribution is 6.25. The highest BCUT2D eigenvalue weighted by Crippen LogP contribution is 2.14. The van der Waals surface area contributed by atoms with Gasteiger partial charge in [-0.3, -0.25) is 19.3 Å². The van der Waals surface area contributed by atoms with E-state index < -0.39 is 11.9 Å². The fourth-order valence-corrected chi connectivity index (χ4v) is 4.63. The molecule has 2 fully saturated rings. The molecule has 12 nitrogen and oxygen atoms in total. The van der Waals surface area contributed by atoms with Gasteiger partial charge >= 0.3 is 0 Å². The van der Waals surface area contributed by atoms with Gasteiger partial charge in [-0.1, -0.05) is 60.7 Å². The number of aliphatic carboxylic acids is 2. The van der Waals surface area contributed by atoms with E-state index in [4.69, 9.17) is 29.5 Å². The Morgan fingerprint density at radius 3 is 1.21 bits per heavy atom. The van der Waals surface area contributed by atoms with Crippen molar-refractivity contribution in [3.63, 3.8) is 0 Å². The molecule has 0 unspecified atom stereocenters. The Bertz CT molecular complexity index is 1000. The van der Waals surface area contributed by atoms with Crippen LogP contribution >= 0.6 is 0 Å². The Kier molecular flexibility index (Phi) is 15.8. The van der Waals surface area contributed by atoms with Crippen molar-refractivity contribution in [3.8, 4) is 0 Å². The van der Waals surface area contributed by atoms with Crippen LogP contribution in [0.3, 0.4) is 0 Å². The van der Waals surface area contributed by atoms with Crippen LogP contribution in [0.15, 0.2) is 60.7 Å². The third kappa shape index (κ3) is 13.2. The van der Waals surface area contributed by atoms with E-state index in [1.807, 2.05) is 60.7 Å². The van der Waals surface area contributed by atoms with Crippen LogP contribution in [0.5, 0.6) is 0 Å². The lowest BCUT2D eigenvalue weighted by Gasteiger charge is -2.31. The maximum atomic E-state index is 11.7. The second-order valence-corrected chi connectivity index (χ2v) is 9.98. The number of carboxylic acid groups (broad SMARTS) is 2. The van der Waals surface area contributed by atoms with Gasteiger partial charge in [0.2, 0.25) is 11.8 Å². The largest absolute Gasteiger partial charge is 0.543 e. The van der Waals surface area contributed by atoms with E-state index in [0.717, 1.165) is 63.0 Å². The van der Waals surface area contributed by atoms with Gasteiger partial charge < -0.3 is 30.4 Å².